The number of aromatic nitrogens is 1. The van der Waals surface area contributed by atoms with Gasteiger partial charge in [0.15, 0.2) is 11.6 Å². The molecule has 0 atom stereocenters. The van der Waals surface area contributed by atoms with Crippen LogP contribution in [0.1, 0.15) is 6.42 Å². The maximum absolute atomic E-state index is 13.7. The van der Waals surface area contributed by atoms with Crippen LogP contribution in [-0.4, -0.2) is 63.1 Å². The predicted molar refractivity (Wildman–Crippen MR) is 157 cm³/mol. The van der Waals surface area contributed by atoms with Gasteiger partial charge < -0.3 is 14.7 Å². The smallest absolute Gasteiger partial charge is 0.285 e. The van der Waals surface area contributed by atoms with Crippen LogP contribution in [0.4, 0.5) is 11.4 Å². The zero-order chi connectivity index (χ0) is 29.6. The van der Waals surface area contributed by atoms with E-state index in [1.165, 1.54) is 36.4 Å². The normalized spacial score (nSPS) is 11.8. The van der Waals surface area contributed by atoms with Gasteiger partial charge in [-0.25, -0.2) is 8.42 Å². The molecule has 0 fully saturated rings. The Morgan fingerprint density at radius 1 is 1.00 bits per heavy atom. The van der Waals surface area contributed by atoms with Crippen molar-refractivity contribution in [2.75, 3.05) is 38.1 Å². The molecule has 0 aliphatic heterocycles. The van der Waals surface area contributed by atoms with Crippen molar-refractivity contribution < 1.29 is 23.1 Å². The first kappa shape index (κ1) is 29.7. The van der Waals surface area contributed by atoms with Crippen LogP contribution in [0.2, 0.25) is 5.02 Å². The summed E-state index contributed by atoms with van der Waals surface area (Å²) < 4.78 is 33.9. The van der Waals surface area contributed by atoms with Crippen LogP contribution in [-0.2, 0) is 14.8 Å². The highest BCUT2D eigenvalue weighted by Gasteiger charge is 2.27. The Labute approximate surface area is 241 Å². The molecule has 0 aliphatic carbocycles. The number of pyridine rings is 1. The fraction of sp³-hybridized carbons (Fsp3) is 0.214. The summed E-state index contributed by atoms with van der Waals surface area (Å²) in [5, 5.41) is 18.4. The Morgan fingerprint density at radius 3 is 2.32 bits per heavy atom. The molecule has 1 aromatic heterocycles. The molecule has 0 saturated heterocycles. The van der Waals surface area contributed by atoms with E-state index in [-0.39, 0.29) is 27.5 Å². The lowest BCUT2D eigenvalue weighted by atomic mass is 10.1. The highest BCUT2D eigenvalue weighted by atomic mass is 35.5. The number of carbonyl (C=O) groups excluding carboxylic acids is 1. The standard InChI is InChI=1S/C28H28ClN5O6S/c1-33(2)16-5-17-40-21-12-14-22(15-13-21)41(38,39)34(20-10-8-19(29)9-11-20)18-25(35)31-32-26-23-6-3-4-7-24(23)27(36)30-28(26)37/h3-4,6-15H,5,16-18H2,1-2H3,(H2,30,36,37). The number of benzene rings is 3. The first-order valence-corrected chi connectivity index (χ1v) is 14.3. The van der Waals surface area contributed by atoms with Gasteiger partial charge >= 0.3 is 0 Å². The molecule has 0 radical (unpaired) electrons. The zero-order valence-electron chi connectivity index (χ0n) is 22.3. The van der Waals surface area contributed by atoms with E-state index in [1.54, 1.807) is 36.4 Å². The quantitative estimate of drug-likeness (QED) is 0.188. The molecule has 13 heteroatoms. The van der Waals surface area contributed by atoms with Gasteiger partial charge in [0.2, 0.25) is 0 Å². The number of aromatic hydroxyl groups is 1. The topological polar surface area (TPSA) is 145 Å². The number of sulfonamides is 1. The second-order valence-corrected chi connectivity index (χ2v) is 11.6. The first-order valence-electron chi connectivity index (χ1n) is 12.5. The van der Waals surface area contributed by atoms with Crippen LogP contribution in [0.15, 0.2) is 92.7 Å². The number of nitrogens with zero attached hydrogens (tertiary/aromatic N) is 4. The Kier molecular flexibility index (Phi) is 9.38. The molecule has 3 aromatic carbocycles. The number of aromatic amines is 1. The van der Waals surface area contributed by atoms with Crippen molar-refractivity contribution in [3.8, 4) is 11.6 Å². The van der Waals surface area contributed by atoms with Crippen LogP contribution >= 0.6 is 11.6 Å². The molecule has 1 amide bonds. The summed E-state index contributed by atoms with van der Waals surface area (Å²) in [5.74, 6) is -0.765. The number of hydrogen-bond acceptors (Lipinski definition) is 8. The number of H-pyrrole nitrogens is 1. The van der Waals surface area contributed by atoms with Gasteiger partial charge in [-0.05, 0) is 75.1 Å². The third kappa shape index (κ3) is 7.28. The lowest BCUT2D eigenvalue weighted by Crippen LogP contribution is -2.35. The van der Waals surface area contributed by atoms with Crippen molar-refractivity contribution in [2.24, 2.45) is 10.2 Å². The highest BCUT2D eigenvalue weighted by Crippen LogP contribution is 2.29. The lowest BCUT2D eigenvalue weighted by Gasteiger charge is -2.23. The average Bonchev–Trinajstić information content (AvgIpc) is 2.94. The summed E-state index contributed by atoms with van der Waals surface area (Å²) in [7, 11) is -0.311. The number of halogens is 1. The number of anilines is 1. The summed E-state index contributed by atoms with van der Waals surface area (Å²) >= 11 is 6.00. The van der Waals surface area contributed by atoms with Crippen LogP contribution in [0, 0.1) is 0 Å². The molecular weight excluding hydrogens is 570 g/mol. The van der Waals surface area contributed by atoms with Crippen molar-refractivity contribution in [3.63, 3.8) is 0 Å². The van der Waals surface area contributed by atoms with Crippen LogP contribution < -0.4 is 14.6 Å². The van der Waals surface area contributed by atoms with Crippen LogP contribution in [0.5, 0.6) is 11.6 Å². The van der Waals surface area contributed by atoms with Crippen molar-refractivity contribution >= 4 is 49.7 Å². The number of ether oxygens (including phenoxy) is 1. The maximum atomic E-state index is 13.7. The number of fused-ring (bicyclic) bond motifs is 1. The van der Waals surface area contributed by atoms with Crippen molar-refractivity contribution in [1.82, 2.24) is 9.88 Å². The van der Waals surface area contributed by atoms with Gasteiger partial charge in [0.1, 0.15) is 12.3 Å². The van der Waals surface area contributed by atoms with Gasteiger partial charge in [0, 0.05) is 22.3 Å². The minimum Gasteiger partial charge on any atom is -0.494 e. The molecule has 1 heterocycles. The molecule has 0 spiro atoms. The molecule has 41 heavy (non-hydrogen) atoms. The number of hydrogen-bond donors (Lipinski definition) is 2. The summed E-state index contributed by atoms with van der Waals surface area (Å²) in [6, 6.07) is 18.2. The fourth-order valence-corrected chi connectivity index (χ4v) is 5.48. The molecule has 0 aliphatic rings. The second-order valence-electron chi connectivity index (χ2n) is 9.26. The molecule has 2 N–H and O–H groups in total. The number of nitrogens with one attached hydrogen (secondary N) is 1. The van der Waals surface area contributed by atoms with Crippen molar-refractivity contribution in [3.05, 3.63) is 88.2 Å². The first-order chi connectivity index (χ1) is 19.6. The van der Waals surface area contributed by atoms with E-state index in [4.69, 9.17) is 16.3 Å². The highest BCUT2D eigenvalue weighted by molar-refractivity contribution is 7.92. The Balaban J connectivity index is 1.59. The molecule has 4 aromatic rings. The molecular formula is C28H28ClN5O6S. The van der Waals surface area contributed by atoms with Gasteiger partial charge in [-0.3, -0.25) is 18.9 Å². The van der Waals surface area contributed by atoms with Crippen molar-refractivity contribution in [1.29, 1.82) is 0 Å². The summed E-state index contributed by atoms with van der Waals surface area (Å²) in [5.41, 5.74) is -0.785. The van der Waals surface area contributed by atoms with E-state index in [2.05, 4.69) is 15.2 Å². The zero-order valence-corrected chi connectivity index (χ0v) is 23.9. The molecule has 0 bridgehead atoms. The van der Waals surface area contributed by atoms with E-state index < -0.39 is 28.0 Å². The Bertz CT molecular complexity index is 1720. The maximum Gasteiger partial charge on any atom is 0.285 e. The average molecular weight is 598 g/mol. The molecule has 0 unspecified atom stereocenters. The Morgan fingerprint density at radius 2 is 1.66 bits per heavy atom. The summed E-state index contributed by atoms with van der Waals surface area (Å²) in [6.07, 6.45) is 0.805. The lowest BCUT2D eigenvalue weighted by molar-refractivity contribution is -0.116. The molecule has 214 valence electrons. The molecule has 4 rings (SSSR count). The third-order valence-electron chi connectivity index (χ3n) is 5.97. The number of carbonyl (C=O) groups is 1. The number of rotatable bonds is 11. The minimum absolute atomic E-state index is 0.0706. The van der Waals surface area contributed by atoms with E-state index >= 15 is 0 Å². The fourth-order valence-electron chi connectivity index (χ4n) is 3.94. The predicted octanol–water partition coefficient (Wildman–Crippen LogP) is 4.72. The third-order valence-corrected chi connectivity index (χ3v) is 8.01. The van der Waals surface area contributed by atoms with Gasteiger partial charge in [0.05, 0.1) is 17.2 Å². The van der Waals surface area contributed by atoms with E-state index in [0.29, 0.717) is 22.8 Å². The second kappa shape index (κ2) is 12.9. The molecule has 11 nitrogen and oxygen atoms in total. The van der Waals surface area contributed by atoms with Gasteiger partial charge in [0.25, 0.3) is 21.5 Å². The minimum atomic E-state index is -4.24. The summed E-state index contributed by atoms with van der Waals surface area (Å²) in [6.45, 7) is 0.620. The number of azo groups is 1. The van der Waals surface area contributed by atoms with E-state index in [0.717, 1.165) is 17.3 Å². The van der Waals surface area contributed by atoms with E-state index in [1.807, 2.05) is 19.0 Å². The molecule has 0 saturated carbocycles. The monoisotopic (exact) mass is 597 g/mol. The van der Waals surface area contributed by atoms with Crippen molar-refractivity contribution in [2.45, 2.75) is 11.3 Å². The van der Waals surface area contributed by atoms with E-state index in [9.17, 15) is 23.1 Å². The largest absolute Gasteiger partial charge is 0.494 e. The van der Waals surface area contributed by atoms with Gasteiger partial charge in [-0.2, -0.15) is 0 Å². The van der Waals surface area contributed by atoms with Gasteiger partial charge in [-0.1, -0.05) is 29.8 Å². The van der Waals surface area contributed by atoms with Crippen LogP contribution in [0.3, 0.4) is 0 Å². The Hall–Kier alpha value is -4.26. The number of amides is 1. The summed E-state index contributed by atoms with van der Waals surface area (Å²) in [4.78, 5) is 29.6. The SMILES string of the molecule is CN(C)CCCOc1ccc(S(=O)(=O)N(CC(=O)N=Nc2c(=O)[nH]c(O)c3ccccc23)c2ccc(Cl)cc2)cc1. The van der Waals surface area contributed by atoms with Crippen LogP contribution in [0.25, 0.3) is 10.8 Å². The van der Waals surface area contributed by atoms with Gasteiger partial charge in [-0.15, -0.1) is 10.2 Å².